The van der Waals surface area contributed by atoms with Gasteiger partial charge in [0, 0.05) is 12.6 Å². The average molecular weight is 327 g/mol. The maximum atomic E-state index is 13.2. The number of benzene rings is 1. The third kappa shape index (κ3) is 3.86. The topological polar surface area (TPSA) is 109 Å². The predicted octanol–water partition coefficient (Wildman–Crippen LogP) is 1.35. The lowest BCUT2D eigenvalue weighted by atomic mass is 10.3. The highest BCUT2D eigenvalue weighted by Gasteiger charge is 2.09. The molecule has 0 saturated carbocycles. The first-order valence-electron chi connectivity index (χ1n) is 6.25. The third-order valence-corrected chi connectivity index (χ3v) is 2.53. The molecular weight excluding hydrogens is 313 g/mol. The number of halogens is 1. The van der Waals surface area contributed by atoms with Crippen molar-refractivity contribution in [1.82, 2.24) is 19.6 Å². The molecule has 8 nitrogen and oxygen atoms in total. The highest BCUT2D eigenvalue weighted by molar-refractivity contribution is 7.85. The number of aromatic nitrogens is 4. The lowest BCUT2D eigenvalue weighted by Gasteiger charge is -2.06. The lowest BCUT2D eigenvalue weighted by molar-refractivity contribution is 0.490. The van der Waals surface area contributed by atoms with Crippen LogP contribution in [0.5, 0.6) is 0 Å². The van der Waals surface area contributed by atoms with Crippen LogP contribution in [-0.2, 0) is 10.1 Å². The molecule has 0 saturated heterocycles. The minimum Gasteiger partial charge on any atom is -0.367 e. The van der Waals surface area contributed by atoms with Crippen molar-refractivity contribution in [3.63, 3.8) is 0 Å². The van der Waals surface area contributed by atoms with Crippen LogP contribution in [0, 0.1) is 5.82 Å². The number of nitrogens with zero attached hydrogens (tertiary/aromatic N) is 4. The number of nitrogens with one attached hydrogen (secondary N) is 1. The Balaban J connectivity index is 0.000000309. The predicted molar refractivity (Wildman–Crippen MR) is 79.9 cm³/mol. The summed E-state index contributed by atoms with van der Waals surface area (Å²) in [6.07, 6.45) is 2.31. The molecule has 0 amide bonds. The first kappa shape index (κ1) is 16.0. The number of hydrogen-bond acceptors (Lipinski definition) is 6. The van der Waals surface area contributed by atoms with Crippen molar-refractivity contribution in [3.8, 4) is 0 Å². The van der Waals surface area contributed by atoms with Crippen LogP contribution in [0.3, 0.4) is 0 Å². The van der Waals surface area contributed by atoms with E-state index in [0.29, 0.717) is 23.2 Å². The zero-order valence-electron chi connectivity index (χ0n) is 11.9. The van der Waals surface area contributed by atoms with Crippen molar-refractivity contribution in [2.24, 2.45) is 0 Å². The molecule has 0 unspecified atom stereocenters. The van der Waals surface area contributed by atoms with Gasteiger partial charge < -0.3 is 5.32 Å². The average Bonchev–Trinajstić information content (AvgIpc) is 2.86. The van der Waals surface area contributed by atoms with Gasteiger partial charge >= 0.3 is 0 Å². The van der Waals surface area contributed by atoms with Gasteiger partial charge in [-0.15, -0.1) is 10.2 Å². The van der Waals surface area contributed by atoms with Gasteiger partial charge in [-0.05, 0) is 19.1 Å². The van der Waals surface area contributed by atoms with E-state index in [0.717, 1.165) is 12.1 Å². The van der Waals surface area contributed by atoms with Crippen LogP contribution in [0.15, 0.2) is 24.5 Å². The van der Waals surface area contributed by atoms with Crippen molar-refractivity contribution < 1.29 is 17.4 Å². The number of hydrogen-bond donors (Lipinski definition) is 2. The van der Waals surface area contributed by atoms with Crippen LogP contribution in [-0.4, -0.2) is 45.4 Å². The minimum absolute atomic E-state index is 0.306. The summed E-state index contributed by atoms with van der Waals surface area (Å²) in [7, 11) is -3.67. The molecular formula is C12H14FN5O3S. The summed E-state index contributed by atoms with van der Waals surface area (Å²) >= 11 is 0. The zero-order chi connectivity index (χ0) is 16.3. The SMILES string of the molecule is CCNc1nc2cc(F)ccc2n2cnnc12.CS(=O)(=O)O. The largest absolute Gasteiger partial charge is 0.367 e. The molecule has 0 atom stereocenters. The van der Waals surface area contributed by atoms with Crippen LogP contribution in [0.4, 0.5) is 10.2 Å². The Hall–Kier alpha value is -2.33. The van der Waals surface area contributed by atoms with Crippen LogP contribution < -0.4 is 5.32 Å². The van der Waals surface area contributed by atoms with Crippen LogP contribution in [0.1, 0.15) is 6.92 Å². The summed E-state index contributed by atoms with van der Waals surface area (Å²) in [6, 6.07) is 4.47. The number of fused-ring (bicyclic) bond motifs is 3. The summed E-state index contributed by atoms with van der Waals surface area (Å²) < 4.78 is 40.8. The Morgan fingerprint density at radius 2 is 2.09 bits per heavy atom. The fourth-order valence-corrected chi connectivity index (χ4v) is 1.82. The molecule has 0 bridgehead atoms. The molecule has 3 rings (SSSR count). The molecule has 118 valence electrons. The van der Waals surface area contributed by atoms with Gasteiger partial charge in [-0.1, -0.05) is 0 Å². The summed E-state index contributed by atoms with van der Waals surface area (Å²) in [5.74, 6) is 0.308. The van der Waals surface area contributed by atoms with Crippen molar-refractivity contribution in [2.45, 2.75) is 6.92 Å². The maximum absolute atomic E-state index is 13.2. The van der Waals surface area contributed by atoms with Gasteiger partial charge in [0.15, 0.2) is 5.82 Å². The first-order valence-corrected chi connectivity index (χ1v) is 8.09. The smallest absolute Gasteiger partial charge is 0.261 e. The molecule has 2 heterocycles. The van der Waals surface area contributed by atoms with Crippen molar-refractivity contribution in [3.05, 3.63) is 30.3 Å². The first-order chi connectivity index (χ1) is 10.3. The van der Waals surface area contributed by atoms with Crippen molar-refractivity contribution in [1.29, 1.82) is 0 Å². The molecule has 2 aromatic heterocycles. The van der Waals surface area contributed by atoms with Gasteiger partial charge in [0.2, 0.25) is 5.65 Å². The Bertz CT molecular complexity index is 902. The maximum Gasteiger partial charge on any atom is 0.261 e. The van der Waals surface area contributed by atoms with Gasteiger partial charge in [0.25, 0.3) is 10.1 Å². The van der Waals surface area contributed by atoms with E-state index >= 15 is 0 Å². The van der Waals surface area contributed by atoms with E-state index in [1.165, 1.54) is 12.1 Å². The van der Waals surface area contributed by atoms with E-state index in [9.17, 15) is 12.8 Å². The molecule has 0 aliphatic heterocycles. The Kier molecular flexibility index (Phi) is 4.52. The molecule has 0 aliphatic carbocycles. The quantitative estimate of drug-likeness (QED) is 0.684. The normalized spacial score (nSPS) is 11.3. The van der Waals surface area contributed by atoms with Crippen molar-refractivity contribution in [2.75, 3.05) is 18.1 Å². The van der Waals surface area contributed by atoms with Gasteiger partial charge in [0.05, 0.1) is 17.3 Å². The van der Waals surface area contributed by atoms with Gasteiger partial charge in [0.1, 0.15) is 12.1 Å². The van der Waals surface area contributed by atoms with Crippen LogP contribution in [0.25, 0.3) is 16.7 Å². The monoisotopic (exact) mass is 327 g/mol. The van der Waals surface area contributed by atoms with Gasteiger partial charge in [-0.2, -0.15) is 8.42 Å². The summed E-state index contributed by atoms with van der Waals surface area (Å²) in [6.45, 7) is 2.68. The second kappa shape index (κ2) is 6.20. The molecule has 0 spiro atoms. The lowest BCUT2D eigenvalue weighted by Crippen LogP contribution is -2.03. The Morgan fingerprint density at radius 3 is 2.73 bits per heavy atom. The van der Waals surface area contributed by atoms with E-state index in [4.69, 9.17) is 4.55 Å². The summed E-state index contributed by atoms with van der Waals surface area (Å²) in [5.41, 5.74) is 2.01. The molecule has 3 aromatic rings. The Morgan fingerprint density at radius 1 is 1.41 bits per heavy atom. The van der Waals surface area contributed by atoms with E-state index in [1.54, 1.807) is 16.8 Å². The number of anilines is 1. The van der Waals surface area contributed by atoms with Crippen molar-refractivity contribution >= 4 is 32.6 Å². The summed E-state index contributed by atoms with van der Waals surface area (Å²) in [5, 5.41) is 11.0. The highest BCUT2D eigenvalue weighted by atomic mass is 32.2. The van der Waals surface area contributed by atoms with Gasteiger partial charge in [-0.25, -0.2) is 9.37 Å². The fourth-order valence-electron chi connectivity index (χ4n) is 1.82. The standard InChI is InChI=1S/C11H10FN5.CH4O3S/c1-2-13-10-11-16-14-6-17(11)9-4-3-7(12)5-8(9)15-10;1-5(2,3)4/h3-6H,2H2,1H3,(H,13,15);1H3,(H,2,3,4). The highest BCUT2D eigenvalue weighted by Crippen LogP contribution is 2.20. The van der Waals surface area contributed by atoms with Crippen LogP contribution in [0.2, 0.25) is 0 Å². The van der Waals surface area contributed by atoms with Crippen LogP contribution >= 0.6 is 0 Å². The van der Waals surface area contributed by atoms with E-state index in [1.807, 2.05) is 6.92 Å². The molecule has 1 aromatic carbocycles. The molecule has 0 fully saturated rings. The van der Waals surface area contributed by atoms with E-state index in [2.05, 4.69) is 20.5 Å². The minimum atomic E-state index is -3.67. The number of rotatable bonds is 2. The van der Waals surface area contributed by atoms with E-state index in [-0.39, 0.29) is 5.82 Å². The molecule has 0 radical (unpaired) electrons. The Labute approximate surface area is 125 Å². The summed E-state index contributed by atoms with van der Waals surface area (Å²) in [4.78, 5) is 4.35. The zero-order valence-corrected chi connectivity index (χ0v) is 12.7. The fraction of sp³-hybridized carbons (Fsp3) is 0.250. The molecule has 22 heavy (non-hydrogen) atoms. The third-order valence-electron chi connectivity index (χ3n) is 2.53. The molecule has 10 heteroatoms. The van der Waals surface area contributed by atoms with E-state index < -0.39 is 10.1 Å². The second-order valence-electron chi connectivity index (χ2n) is 4.38. The van der Waals surface area contributed by atoms with Gasteiger partial charge in [-0.3, -0.25) is 8.95 Å². The molecule has 0 aliphatic rings. The molecule has 2 N–H and O–H groups in total. The second-order valence-corrected chi connectivity index (χ2v) is 5.85.